The van der Waals surface area contributed by atoms with Gasteiger partial charge in [-0.25, -0.2) is 0 Å². The van der Waals surface area contributed by atoms with Gasteiger partial charge in [-0.1, -0.05) is 6.07 Å². The molecule has 2 rings (SSSR count). The predicted octanol–water partition coefficient (Wildman–Crippen LogP) is 1.72. The summed E-state index contributed by atoms with van der Waals surface area (Å²) in [4.78, 5) is 15.8. The second-order valence-electron chi connectivity index (χ2n) is 5.28. The van der Waals surface area contributed by atoms with Crippen molar-refractivity contribution in [2.75, 3.05) is 26.4 Å². The molecule has 5 heteroatoms. The molecule has 1 aliphatic heterocycles. The summed E-state index contributed by atoms with van der Waals surface area (Å²) in [6.45, 7) is 2.09. The molecule has 0 saturated carbocycles. The van der Waals surface area contributed by atoms with Crippen molar-refractivity contribution in [3.8, 4) is 0 Å². The number of nitrogens with one attached hydrogen (secondary N) is 1. The van der Waals surface area contributed by atoms with Crippen molar-refractivity contribution in [3.05, 3.63) is 30.1 Å². The van der Waals surface area contributed by atoms with E-state index in [1.165, 1.54) is 6.42 Å². The zero-order valence-corrected chi connectivity index (χ0v) is 12.4. The van der Waals surface area contributed by atoms with Gasteiger partial charge in [-0.3, -0.25) is 9.78 Å². The molecular formula is C16H24N2O3. The van der Waals surface area contributed by atoms with Gasteiger partial charge in [-0.2, -0.15) is 0 Å². The lowest BCUT2D eigenvalue weighted by molar-refractivity contribution is -0.127. The third-order valence-electron chi connectivity index (χ3n) is 3.47. The molecule has 21 heavy (non-hydrogen) atoms. The quantitative estimate of drug-likeness (QED) is 0.741. The summed E-state index contributed by atoms with van der Waals surface area (Å²) in [5.41, 5.74) is 1.05. The van der Waals surface area contributed by atoms with Gasteiger partial charge in [-0.05, 0) is 44.2 Å². The van der Waals surface area contributed by atoms with Crippen molar-refractivity contribution in [2.45, 2.75) is 38.2 Å². The average Bonchev–Trinajstić information content (AvgIpc) is 2.54. The van der Waals surface area contributed by atoms with E-state index in [-0.39, 0.29) is 18.6 Å². The van der Waals surface area contributed by atoms with Gasteiger partial charge in [0.2, 0.25) is 5.91 Å². The molecule has 1 amide bonds. The van der Waals surface area contributed by atoms with Crippen LogP contribution in [0.15, 0.2) is 24.4 Å². The molecule has 0 aromatic carbocycles. The van der Waals surface area contributed by atoms with Gasteiger partial charge in [-0.15, -0.1) is 0 Å². The first kappa shape index (κ1) is 15.9. The van der Waals surface area contributed by atoms with Crippen LogP contribution in [0.3, 0.4) is 0 Å². The van der Waals surface area contributed by atoms with Crippen molar-refractivity contribution in [3.63, 3.8) is 0 Å². The van der Waals surface area contributed by atoms with Crippen molar-refractivity contribution >= 4 is 5.91 Å². The highest BCUT2D eigenvalue weighted by Gasteiger charge is 2.14. The molecule has 0 aliphatic carbocycles. The van der Waals surface area contributed by atoms with E-state index in [1.54, 1.807) is 6.20 Å². The topological polar surface area (TPSA) is 60.5 Å². The molecule has 5 nitrogen and oxygen atoms in total. The van der Waals surface area contributed by atoms with E-state index >= 15 is 0 Å². The highest BCUT2D eigenvalue weighted by atomic mass is 16.5. The Morgan fingerprint density at radius 1 is 1.43 bits per heavy atom. The number of aromatic nitrogens is 1. The fourth-order valence-electron chi connectivity index (χ4n) is 2.32. The van der Waals surface area contributed by atoms with E-state index < -0.39 is 0 Å². The van der Waals surface area contributed by atoms with Crippen LogP contribution in [-0.4, -0.2) is 43.4 Å². The minimum absolute atomic E-state index is 0.0631. The van der Waals surface area contributed by atoms with Crippen LogP contribution >= 0.6 is 0 Å². The predicted molar refractivity (Wildman–Crippen MR) is 80.0 cm³/mol. The summed E-state index contributed by atoms with van der Waals surface area (Å²) in [6.07, 6.45) is 7.06. The fraction of sp³-hybridized carbons (Fsp3) is 0.625. The van der Waals surface area contributed by atoms with Crippen LogP contribution in [0.2, 0.25) is 0 Å². The molecule has 1 atom stereocenters. The lowest BCUT2D eigenvalue weighted by Gasteiger charge is -2.22. The van der Waals surface area contributed by atoms with Gasteiger partial charge in [0.25, 0.3) is 0 Å². The average molecular weight is 292 g/mol. The Kier molecular flexibility index (Phi) is 7.18. The summed E-state index contributed by atoms with van der Waals surface area (Å²) >= 11 is 0. The number of carbonyl (C=O) groups is 1. The van der Waals surface area contributed by atoms with Crippen LogP contribution in [0.25, 0.3) is 0 Å². The van der Waals surface area contributed by atoms with Gasteiger partial charge in [0.1, 0.15) is 6.61 Å². The molecule has 1 N–H and O–H groups in total. The Morgan fingerprint density at radius 2 is 2.38 bits per heavy atom. The van der Waals surface area contributed by atoms with E-state index in [2.05, 4.69) is 10.3 Å². The SMILES string of the molecule is O=C(COC[C@H]1CCCCO1)NCCCc1ccccn1. The minimum atomic E-state index is -0.0631. The summed E-state index contributed by atoms with van der Waals surface area (Å²) in [5.74, 6) is -0.0631. The lowest BCUT2D eigenvalue weighted by Crippen LogP contribution is -2.31. The first-order chi connectivity index (χ1) is 10.3. The first-order valence-corrected chi connectivity index (χ1v) is 7.70. The zero-order chi connectivity index (χ0) is 14.8. The molecule has 0 radical (unpaired) electrons. The number of pyridine rings is 1. The maximum Gasteiger partial charge on any atom is 0.245 e. The molecule has 1 aliphatic rings. The maximum absolute atomic E-state index is 11.6. The molecule has 2 heterocycles. The number of nitrogens with zero attached hydrogens (tertiary/aromatic N) is 1. The number of aryl methyl sites for hydroxylation is 1. The van der Waals surface area contributed by atoms with E-state index in [9.17, 15) is 4.79 Å². The molecule has 1 aromatic heterocycles. The van der Waals surface area contributed by atoms with Crippen LogP contribution in [0.5, 0.6) is 0 Å². The van der Waals surface area contributed by atoms with E-state index in [4.69, 9.17) is 9.47 Å². The molecule has 0 unspecified atom stereocenters. The lowest BCUT2D eigenvalue weighted by atomic mass is 10.1. The molecular weight excluding hydrogens is 268 g/mol. The van der Waals surface area contributed by atoms with Crippen LogP contribution in [-0.2, 0) is 20.7 Å². The zero-order valence-electron chi connectivity index (χ0n) is 12.4. The Hall–Kier alpha value is -1.46. The van der Waals surface area contributed by atoms with Crippen molar-refractivity contribution in [1.29, 1.82) is 0 Å². The number of ether oxygens (including phenoxy) is 2. The Balaban J connectivity index is 1.47. The molecule has 0 bridgehead atoms. The maximum atomic E-state index is 11.6. The number of hydrogen-bond acceptors (Lipinski definition) is 4. The standard InChI is InChI=1S/C16H24N2O3/c19-16(13-20-12-15-8-2-4-11-21-15)18-10-5-7-14-6-1-3-9-17-14/h1,3,6,9,15H,2,4-5,7-8,10-13H2,(H,18,19)/t15-/m1/s1. The first-order valence-electron chi connectivity index (χ1n) is 7.70. The summed E-state index contributed by atoms with van der Waals surface area (Å²) < 4.78 is 10.9. The molecule has 0 spiro atoms. The number of carbonyl (C=O) groups excluding carboxylic acids is 1. The third-order valence-corrected chi connectivity index (χ3v) is 3.47. The largest absolute Gasteiger partial charge is 0.376 e. The fourth-order valence-corrected chi connectivity index (χ4v) is 2.32. The summed E-state index contributed by atoms with van der Waals surface area (Å²) in [5, 5.41) is 2.86. The van der Waals surface area contributed by atoms with Crippen molar-refractivity contribution in [1.82, 2.24) is 10.3 Å². The van der Waals surface area contributed by atoms with E-state index in [0.717, 1.165) is 38.0 Å². The summed E-state index contributed by atoms with van der Waals surface area (Å²) in [6, 6.07) is 5.87. The second kappa shape index (κ2) is 9.47. The number of hydrogen-bond donors (Lipinski definition) is 1. The van der Waals surface area contributed by atoms with Gasteiger partial charge in [0.15, 0.2) is 0 Å². The van der Waals surface area contributed by atoms with E-state index in [1.807, 2.05) is 18.2 Å². The third kappa shape index (κ3) is 6.69. The van der Waals surface area contributed by atoms with Crippen LogP contribution < -0.4 is 5.32 Å². The van der Waals surface area contributed by atoms with Gasteiger partial charge in [0.05, 0.1) is 12.7 Å². The van der Waals surface area contributed by atoms with Crippen LogP contribution in [0.4, 0.5) is 0 Å². The molecule has 1 aromatic rings. The summed E-state index contributed by atoms with van der Waals surface area (Å²) in [7, 11) is 0. The minimum Gasteiger partial charge on any atom is -0.376 e. The number of amides is 1. The van der Waals surface area contributed by atoms with Crippen molar-refractivity contribution < 1.29 is 14.3 Å². The van der Waals surface area contributed by atoms with Gasteiger partial charge in [0, 0.05) is 25.0 Å². The Bertz CT molecular complexity index is 405. The second-order valence-corrected chi connectivity index (χ2v) is 5.28. The van der Waals surface area contributed by atoms with Crippen LogP contribution in [0.1, 0.15) is 31.4 Å². The van der Waals surface area contributed by atoms with Gasteiger partial charge < -0.3 is 14.8 Å². The van der Waals surface area contributed by atoms with Crippen LogP contribution in [0, 0.1) is 0 Å². The van der Waals surface area contributed by atoms with Gasteiger partial charge >= 0.3 is 0 Å². The Morgan fingerprint density at radius 3 is 3.14 bits per heavy atom. The highest BCUT2D eigenvalue weighted by molar-refractivity contribution is 5.77. The molecule has 1 fully saturated rings. The number of rotatable bonds is 8. The Labute approximate surface area is 126 Å². The van der Waals surface area contributed by atoms with Crippen molar-refractivity contribution in [2.24, 2.45) is 0 Å². The van der Waals surface area contributed by atoms with E-state index in [0.29, 0.717) is 13.2 Å². The monoisotopic (exact) mass is 292 g/mol. The molecule has 1 saturated heterocycles. The normalized spacial score (nSPS) is 18.4. The molecule has 116 valence electrons. The smallest absolute Gasteiger partial charge is 0.245 e. The highest BCUT2D eigenvalue weighted by Crippen LogP contribution is 2.12.